The predicted molar refractivity (Wildman–Crippen MR) is 82.2 cm³/mol. The molecular weight excluding hydrogens is 359 g/mol. The average Bonchev–Trinajstić information content (AvgIpc) is 2.47. The number of anilines is 1. The van der Waals surface area contributed by atoms with Crippen LogP contribution in [0.3, 0.4) is 0 Å². The summed E-state index contributed by atoms with van der Waals surface area (Å²) in [7, 11) is 0. The number of fused-ring (bicyclic) bond motifs is 1. The third kappa shape index (κ3) is 3.21. The van der Waals surface area contributed by atoms with Crippen LogP contribution in [0.1, 0.15) is 11.1 Å². The number of rotatable bonds is 2. The Morgan fingerprint density at radius 2 is 1.86 bits per heavy atom. The SMILES string of the molecule is FC(F)(F)c1ccc(CC2COc3c(Br)cccc3N2)cc1. The van der Waals surface area contributed by atoms with Crippen LogP contribution >= 0.6 is 15.9 Å². The van der Waals surface area contributed by atoms with Crippen LogP contribution in [0.4, 0.5) is 18.9 Å². The molecule has 1 heterocycles. The van der Waals surface area contributed by atoms with Crippen molar-refractivity contribution in [3.63, 3.8) is 0 Å². The summed E-state index contributed by atoms with van der Waals surface area (Å²) in [5.74, 6) is 0.770. The van der Waals surface area contributed by atoms with Gasteiger partial charge in [-0.3, -0.25) is 0 Å². The van der Waals surface area contributed by atoms with E-state index in [4.69, 9.17) is 4.74 Å². The fourth-order valence-corrected chi connectivity index (χ4v) is 2.92. The number of nitrogens with one attached hydrogen (secondary N) is 1. The average molecular weight is 372 g/mol. The van der Waals surface area contributed by atoms with Crippen molar-refractivity contribution in [2.45, 2.75) is 18.6 Å². The highest BCUT2D eigenvalue weighted by Crippen LogP contribution is 2.36. The van der Waals surface area contributed by atoms with Crippen LogP contribution in [0, 0.1) is 0 Å². The summed E-state index contributed by atoms with van der Waals surface area (Å²) in [5.41, 5.74) is 1.10. The topological polar surface area (TPSA) is 21.3 Å². The smallest absolute Gasteiger partial charge is 0.416 e. The standard InChI is InChI=1S/C16H13BrF3NO/c17-13-2-1-3-14-15(13)22-9-12(21-14)8-10-4-6-11(7-5-10)16(18,19)20/h1-7,12,21H,8-9H2. The monoisotopic (exact) mass is 371 g/mol. The van der Waals surface area contributed by atoms with E-state index in [1.807, 2.05) is 18.2 Å². The van der Waals surface area contributed by atoms with Crippen molar-refractivity contribution in [3.05, 3.63) is 58.1 Å². The molecule has 0 fully saturated rings. The number of para-hydroxylation sites is 1. The molecule has 0 radical (unpaired) electrons. The Hall–Kier alpha value is -1.69. The first-order valence-corrected chi connectivity index (χ1v) is 7.57. The van der Waals surface area contributed by atoms with Crippen molar-refractivity contribution in [2.75, 3.05) is 11.9 Å². The Kier molecular flexibility index (Phi) is 4.04. The largest absolute Gasteiger partial charge is 0.488 e. The van der Waals surface area contributed by atoms with Crippen LogP contribution < -0.4 is 10.1 Å². The summed E-state index contributed by atoms with van der Waals surface area (Å²) in [4.78, 5) is 0. The number of alkyl halides is 3. The Labute approximate surface area is 134 Å². The van der Waals surface area contributed by atoms with E-state index < -0.39 is 11.7 Å². The van der Waals surface area contributed by atoms with Gasteiger partial charge in [-0.2, -0.15) is 13.2 Å². The Morgan fingerprint density at radius 3 is 2.55 bits per heavy atom. The minimum absolute atomic E-state index is 0.0264. The first kappa shape index (κ1) is 15.2. The van der Waals surface area contributed by atoms with Gasteiger partial charge < -0.3 is 10.1 Å². The number of ether oxygens (including phenoxy) is 1. The minimum atomic E-state index is -4.30. The van der Waals surface area contributed by atoms with E-state index in [-0.39, 0.29) is 6.04 Å². The maximum Gasteiger partial charge on any atom is 0.416 e. The predicted octanol–water partition coefficient (Wildman–Crippen LogP) is 4.88. The molecule has 116 valence electrons. The van der Waals surface area contributed by atoms with Crippen molar-refractivity contribution in [3.8, 4) is 5.75 Å². The molecule has 2 aromatic carbocycles. The molecule has 0 saturated carbocycles. The molecule has 1 unspecified atom stereocenters. The van der Waals surface area contributed by atoms with E-state index in [2.05, 4.69) is 21.2 Å². The molecule has 3 rings (SSSR count). The zero-order valence-electron chi connectivity index (χ0n) is 11.5. The summed E-state index contributed by atoms with van der Waals surface area (Å²) >= 11 is 3.42. The van der Waals surface area contributed by atoms with E-state index in [0.717, 1.165) is 33.6 Å². The number of hydrogen-bond donors (Lipinski definition) is 1. The van der Waals surface area contributed by atoms with E-state index in [0.29, 0.717) is 13.0 Å². The second-order valence-corrected chi connectivity index (χ2v) is 6.02. The lowest BCUT2D eigenvalue weighted by Crippen LogP contribution is -2.33. The van der Waals surface area contributed by atoms with Gasteiger partial charge in [0, 0.05) is 0 Å². The van der Waals surface area contributed by atoms with Gasteiger partial charge in [0.15, 0.2) is 5.75 Å². The molecule has 0 aromatic heterocycles. The lowest BCUT2D eigenvalue weighted by molar-refractivity contribution is -0.137. The second kappa shape index (κ2) is 5.83. The van der Waals surface area contributed by atoms with Gasteiger partial charge in [-0.05, 0) is 52.2 Å². The van der Waals surface area contributed by atoms with E-state index >= 15 is 0 Å². The summed E-state index contributed by atoms with van der Waals surface area (Å²) in [6.45, 7) is 0.469. The van der Waals surface area contributed by atoms with Gasteiger partial charge in [-0.1, -0.05) is 18.2 Å². The molecule has 0 bridgehead atoms. The van der Waals surface area contributed by atoms with E-state index in [9.17, 15) is 13.2 Å². The van der Waals surface area contributed by atoms with Gasteiger partial charge in [0.1, 0.15) is 6.61 Å². The molecule has 1 atom stereocenters. The van der Waals surface area contributed by atoms with Crippen molar-refractivity contribution >= 4 is 21.6 Å². The molecule has 0 amide bonds. The lowest BCUT2D eigenvalue weighted by atomic mass is 10.0. The Bertz CT molecular complexity index is 670. The van der Waals surface area contributed by atoms with E-state index in [1.54, 1.807) is 0 Å². The quantitative estimate of drug-likeness (QED) is 0.811. The molecule has 0 spiro atoms. The van der Waals surface area contributed by atoms with Gasteiger partial charge in [0.05, 0.1) is 21.8 Å². The van der Waals surface area contributed by atoms with Gasteiger partial charge in [0.25, 0.3) is 0 Å². The first-order chi connectivity index (χ1) is 10.4. The van der Waals surface area contributed by atoms with Crippen LogP contribution in [-0.2, 0) is 12.6 Å². The van der Waals surface area contributed by atoms with Crippen LogP contribution in [0.5, 0.6) is 5.75 Å². The highest BCUT2D eigenvalue weighted by atomic mass is 79.9. The molecule has 1 aliphatic rings. The third-order valence-corrected chi connectivity index (χ3v) is 4.14. The number of benzene rings is 2. The van der Waals surface area contributed by atoms with Crippen LogP contribution in [-0.4, -0.2) is 12.6 Å². The van der Waals surface area contributed by atoms with Crippen LogP contribution in [0.2, 0.25) is 0 Å². The van der Waals surface area contributed by atoms with Gasteiger partial charge in [-0.25, -0.2) is 0 Å². The molecule has 6 heteroatoms. The Morgan fingerprint density at radius 1 is 1.14 bits per heavy atom. The summed E-state index contributed by atoms with van der Waals surface area (Å²) in [6, 6.07) is 11.0. The van der Waals surface area contributed by atoms with Crippen LogP contribution in [0.25, 0.3) is 0 Å². The van der Waals surface area contributed by atoms with E-state index in [1.165, 1.54) is 12.1 Å². The second-order valence-electron chi connectivity index (χ2n) is 5.17. The fraction of sp³-hybridized carbons (Fsp3) is 0.250. The molecule has 0 saturated heterocycles. The first-order valence-electron chi connectivity index (χ1n) is 6.77. The van der Waals surface area contributed by atoms with Crippen LogP contribution in [0.15, 0.2) is 46.9 Å². The summed E-state index contributed by atoms with van der Waals surface area (Å²) in [6.07, 6.45) is -3.69. The molecule has 2 nitrogen and oxygen atoms in total. The van der Waals surface area contributed by atoms with Crippen molar-refractivity contribution in [1.82, 2.24) is 0 Å². The third-order valence-electron chi connectivity index (χ3n) is 3.52. The molecule has 22 heavy (non-hydrogen) atoms. The molecule has 1 aliphatic heterocycles. The molecule has 1 N–H and O–H groups in total. The highest BCUT2D eigenvalue weighted by molar-refractivity contribution is 9.10. The van der Waals surface area contributed by atoms with Gasteiger partial charge in [-0.15, -0.1) is 0 Å². The maximum absolute atomic E-state index is 12.5. The zero-order valence-corrected chi connectivity index (χ0v) is 13.0. The lowest BCUT2D eigenvalue weighted by Gasteiger charge is -2.28. The maximum atomic E-state index is 12.5. The van der Waals surface area contributed by atoms with Crippen molar-refractivity contribution in [2.24, 2.45) is 0 Å². The minimum Gasteiger partial charge on any atom is -0.488 e. The number of hydrogen-bond acceptors (Lipinski definition) is 2. The van der Waals surface area contributed by atoms with Crippen molar-refractivity contribution in [1.29, 1.82) is 0 Å². The normalized spacial score (nSPS) is 17.4. The van der Waals surface area contributed by atoms with Crippen molar-refractivity contribution < 1.29 is 17.9 Å². The fourth-order valence-electron chi connectivity index (χ4n) is 2.44. The zero-order chi connectivity index (χ0) is 15.7. The molecule has 0 aliphatic carbocycles. The summed E-state index contributed by atoms with van der Waals surface area (Å²) in [5, 5.41) is 3.35. The molecular formula is C16H13BrF3NO. The summed E-state index contributed by atoms with van der Waals surface area (Å²) < 4.78 is 44.2. The van der Waals surface area contributed by atoms with Gasteiger partial charge >= 0.3 is 6.18 Å². The van der Waals surface area contributed by atoms with Gasteiger partial charge in [0.2, 0.25) is 0 Å². The highest BCUT2D eigenvalue weighted by Gasteiger charge is 2.30. The Balaban J connectivity index is 1.70. The molecule has 2 aromatic rings. The number of halogens is 4.